The lowest BCUT2D eigenvalue weighted by Gasteiger charge is -2.07. The lowest BCUT2D eigenvalue weighted by molar-refractivity contribution is -0.384. The molecule has 0 saturated heterocycles. The minimum Gasteiger partial charge on any atom is -0.496 e. The SMILES string of the molecule is C=C(Cl)CNc1cc(OC)cc([N+](=O)[O-])c1. The van der Waals surface area contributed by atoms with Gasteiger partial charge < -0.3 is 10.1 Å². The number of nitro groups is 1. The molecule has 0 bridgehead atoms. The van der Waals surface area contributed by atoms with Crippen molar-refractivity contribution in [1.82, 2.24) is 0 Å². The average molecular weight is 243 g/mol. The lowest BCUT2D eigenvalue weighted by Crippen LogP contribution is -2.02. The van der Waals surface area contributed by atoms with Gasteiger partial charge in [0.05, 0.1) is 24.6 Å². The van der Waals surface area contributed by atoms with Crippen LogP contribution in [-0.2, 0) is 0 Å². The van der Waals surface area contributed by atoms with Crippen LogP contribution in [0.15, 0.2) is 29.8 Å². The molecule has 1 rings (SSSR count). The summed E-state index contributed by atoms with van der Waals surface area (Å²) < 4.78 is 4.95. The quantitative estimate of drug-likeness (QED) is 0.637. The third-order valence-electron chi connectivity index (χ3n) is 1.82. The van der Waals surface area contributed by atoms with E-state index in [9.17, 15) is 10.1 Å². The van der Waals surface area contributed by atoms with Gasteiger partial charge in [-0.1, -0.05) is 18.2 Å². The van der Waals surface area contributed by atoms with Crippen LogP contribution in [-0.4, -0.2) is 18.6 Å². The Morgan fingerprint density at radius 3 is 2.81 bits per heavy atom. The number of non-ortho nitro benzene ring substituents is 1. The Morgan fingerprint density at radius 2 is 2.31 bits per heavy atom. The Kier molecular flexibility index (Phi) is 4.13. The van der Waals surface area contributed by atoms with E-state index in [1.807, 2.05) is 0 Å². The van der Waals surface area contributed by atoms with Crippen LogP contribution in [0.3, 0.4) is 0 Å². The van der Waals surface area contributed by atoms with Crippen LogP contribution in [0.25, 0.3) is 0 Å². The molecule has 1 aromatic rings. The van der Waals surface area contributed by atoms with Gasteiger partial charge in [-0.05, 0) is 0 Å². The molecule has 1 aromatic carbocycles. The van der Waals surface area contributed by atoms with Gasteiger partial charge in [-0.2, -0.15) is 0 Å². The van der Waals surface area contributed by atoms with Crippen molar-refractivity contribution < 1.29 is 9.66 Å². The first kappa shape index (κ1) is 12.3. The Labute approximate surface area is 97.8 Å². The molecule has 0 aliphatic carbocycles. The lowest BCUT2D eigenvalue weighted by atomic mass is 10.2. The maximum absolute atomic E-state index is 10.6. The van der Waals surface area contributed by atoms with Crippen molar-refractivity contribution in [3.63, 3.8) is 0 Å². The van der Waals surface area contributed by atoms with Crippen LogP contribution in [0.1, 0.15) is 0 Å². The molecule has 0 aromatic heterocycles. The van der Waals surface area contributed by atoms with Crippen molar-refractivity contribution in [3.8, 4) is 5.75 Å². The van der Waals surface area contributed by atoms with Crippen LogP contribution in [0.5, 0.6) is 5.75 Å². The second kappa shape index (κ2) is 5.37. The number of hydrogen-bond acceptors (Lipinski definition) is 4. The number of halogens is 1. The van der Waals surface area contributed by atoms with Gasteiger partial charge in [0.2, 0.25) is 0 Å². The molecule has 0 aliphatic heterocycles. The van der Waals surface area contributed by atoms with Crippen molar-refractivity contribution in [2.75, 3.05) is 19.0 Å². The van der Waals surface area contributed by atoms with Crippen molar-refractivity contribution >= 4 is 23.0 Å². The van der Waals surface area contributed by atoms with Gasteiger partial charge in [-0.3, -0.25) is 10.1 Å². The topological polar surface area (TPSA) is 64.4 Å². The predicted octanol–water partition coefficient (Wildman–Crippen LogP) is 2.77. The zero-order valence-corrected chi connectivity index (χ0v) is 9.45. The summed E-state index contributed by atoms with van der Waals surface area (Å²) >= 11 is 5.58. The molecule has 0 saturated carbocycles. The highest BCUT2D eigenvalue weighted by molar-refractivity contribution is 6.29. The molecule has 1 N–H and O–H groups in total. The third kappa shape index (κ3) is 3.43. The van der Waals surface area contributed by atoms with Crippen LogP contribution in [0, 0.1) is 10.1 Å². The van der Waals surface area contributed by atoms with E-state index in [0.29, 0.717) is 23.0 Å². The van der Waals surface area contributed by atoms with Crippen molar-refractivity contribution in [1.29, 1.82) is 0 Å². The van der Waals surface area contributed by atoms with Gasteiger partial charge in [0.25, 0.3) is 5.69 Å². The molecule has 0 aliphatic rings. The van der Waals surface area contributed by atoms with E-state index in [0.717, 1.165) is 0 Å². The van der Waals surface area contributed by atoms with Gasteiger partial charge in [-0.25, -0.2) is 0 Å². The first-order chi connectivity index (χ1) is 7.52. The predicted molar refractivity (Wildman–Crippen MR) is 63.1 cm³/mol. The number of ether oxygens (including phenoxy) is 1. The number of benzene rings is 1. The van der Waals surface area contributed by atoms with E-state index >= 15 is 0 Å². The summed E-state index contributed by atoms with van der Waals surface area (Å²) in [7, 11) is 1.45. The zero-order chi connectivity index (χ0) is 12.1. The highest BCUT2D eigenvalue weighted by atomic mass is 35.5. The number of rotatable bonds is 5. The van der Waals surface area contributed by atoms with E-state index in [-0.39, 0.29) is 5.69 Å². The van der Waals surface area contributed by atoms with Crippen molar-refractivity contribution in [3.05, 3.63) is 39.9 Å². The highest BCUT2D eigenvalue weighted by Gasteiger charge is 2.09. The number of methoxy groups -OCH3 is 1. The summed E-state index contributed by atoms with van der Waals surface area (Å²) in [5.41, 5.74) is 0.523. The second-order valence-electron chi connectivity index (χ2n) is 3.05. The molecule has 0 fully saturated rings. The molecule has 0 spiro atoms. The summed E-state index contributed by atoms with van der Waals surface area (Å²) in [5, 5.41) is 14.0. The van der Waals surface area contributed by atoms with Gasteiger partial charge in [-0.15, -0.1) is 0 Å². The highest BCUT2D eigenvalue weighted by Crippen LogP contribution is 2.25. The molecule has 0 amide bonds. The van der Waals surface area contributed by atoms with E-state index in [4.69, 9.17) is 16.3 Å². The van der Waals surface area contributed by atoms with Gasteiger partial charge in [0.1, 0.15) is 5.75 Å². The van der Waals surface area contributed by atoms with Gasteiger partial charge in [0.15, 0.2) is 0 Å². The fourth-order valence-corrected chi connectivity index (χ4v) is 1.17. The fourth-order valence-electron chi connectivity index (χ4n) is 1.11. The molecule has 86 valence electrons. The summed E-state index contributed by atoms with van der Waals surface area (Å²) in [5.74, 6) is 0.414. The average Bonchev–Trinajstić information content (AvgIpc) is 2.25. The summed E-state index contributed by atoms with van der Waals surface area (Å²) in [4.78, 5) is 10.2. The standard InChI is InChI=1S/C10H11ClN2O3/c1-7(11)6-12-8-3-9(13(14)15)5-10(4-8)16-2/h3-5,12H,1,6H2,2H3. The smallest absolute Gasteiger partial charge is 0.275 e. The first-order valence-corrected chi connectivity index (χ1v) is 4.81. The minimum absolute atomic E-state index is 0.0398. The minimum atomic E-state index is -0.483. The van der Waals surface area contributed by atoms with Gasteiger partial charge in [0, 0.05) is 22.9 Å². The van der Waals surface area contributed by atoms with Gasteiger partial charge >= 0.3 is 0 Å². The Morgan fingerprint density at radius 1 is 1.62 bits per heavy atom. The molecule has 16 heavy (non-hydrogen) atoms. The van der Waals surface area contributed by atoms with E-state index in [1.165, 1.54) is 19.2 Å². The summed E-state index contributed by atoms with van der Waals surface area (Å²) in [6, 6.07) is 4.40. The number of nitrogens with one attached hydrogen (secondary N) is 1. The third-order valence-corrected chi connectivity index (χ3v) is 1.96. The van der Waals surface area contributed by atoms with Crippen molar-refractivity contribution in [2.24, 2.45) is 0 Å². The number of nitrogens with zero attached hydrogens (tertiary/aromatic N) is 1. The zero-order valence-electron chi connectivity index (χ0n) is 8.70. The number of anilines is 1. The van der Waals surface area contributed by atoms with Crippen LogP contribution >= 0.6 is 11.6 Å². The summed E-state index contributed by atoms with van der Waals surface area (Å²) in [6.45, 7) is 3.85. The molecular weight excluding hydrogens is 232 g/mol. The van der Waals surface area contributed by atoms with Crippen LogP contribution in [0.4, 0.5) is 11.4 Å². The summed E-state index contributed by atoms with van der Waals surface area (Å²) in [6.07, 6.45) is 0. The monoisotopic (exact) mass is 242 g/mol. The van der Waals surface area contributed by atoms with Crippen molar-refractivity contribution in [2.45, 2.75) is 0 Å². The molecule has 0 unspecified atom stereocenters. The maximum Gasteiger partial charge on any atom is 0.275 e. The Hall–Kier alpha value is -1.75. The molecule has 0 radical (unpaired) electrons. The number of nitro benzene ring substituents is 1. The Balaban J connectivity index is 2.95. The molecular formula is C10H11ClN2O3. The van der Waals surface area contributed by atoms with E-state index in [2.05, 4.69) is 11.9 Å². The van der Waals surface area contributed by atoms with Crippen LogP contribution in [0.2, 0.25) is 0 Å². The molecule has 5 nitrogen and oxygen atoms in total. The second-order valence-corrected chi connectivity index (χ2v) is 3.58. The molecule has 0 heterocycles. The van der Waals surface area contributed by atoms with Crippen LogP contribution < -0.4 is 10.1 Å². The molecule has 6 heteroatoms. The molecule has 0 atom stereocenters. The Bertz CT molecular complexity index is 421. The van der Waals surface area contributed by atoms with E-state index in [1.54, 1.807) is 6.07 Å². The first-order valence-electron chi connectivity index (χ1n) is 4.43. The largest absolute Gasteiger partial charge is 0.496 e. The number of hydrogen-bond donors (Lipinski definition) is 1. The van der Waals surface area contributed by atoms with E-state index < -0.39 is 4.92 Å². The maximum atomic E-state index is 10.6. The normalized spacial score (nSPS) is 9.62. The fraction of sp³-hybridized carbons (Fsp3) is 0.200.